The zero-order valence-corrected chi connectivity index (χ0v) is 19.0. The van der Waals surface area contributed by atoms with Crippen LogP contribution in [0.1, 0.15) is 28.4 Å². The second-order valence-electron chi connectivity index (χ2n) is 6.88. The van der Waals surface area contributed by atoms with Gasteiger partial charge in [-0.3, -0.25) is 4.79 Å². The fourth-order valence-electron chi connectivity index (χ4n) is 3.04. The van der Waals surface area contributed by atoms with Gasteiger partial charge in [0.05, 0.1) is 20.8 Å². The number of carbonyl (C=O) groups is 1. The van der Waals surface area contributed by atoms with E-state index in [1.165, 1.54) is 10.5 Å². The first-order chi connectivity index (χ1) is 15.0. The van der Waals surface area contributed by atoms with Crippen LogP contribution in [0.2, 0.25) is 0 Å². The van der Waals surface area contributed by atoms with Gasteiger partial charge >= 0.3 is 0 Å². The molecule has 3 aromatic rings. The zero-order valence-electron chi connectivity index (χ0n) is 18.2. The fourth-order valence-corrected chi connectivity index (χ4v) is 3.92. The van der Waals surface area contributed by atoms with E-state index in [2.05, 4.69) is 36.5 Å². The lowest BCUT2D eigenvalue weighted by Gasteiger charge is -2.13. The average molecular weight is 438 g/mol. The Labute approximate surface area is 187 Å². The summed E-state index contributed by atoms with van der Waals surface area (Å²) >= 11 is 1.71. The van der Waals surface area contributed by atoms with E-state index in [0.29, 0.717) is 35.1 Å². The molecule has 0 saturated carbocycles. The second-order valence-corrected chi connectivity index (χ2v) is 7.93. The van der Waals surface area contributed by atoms with Crippen LogP contribution < -0.4 is 19.5 Å². The molecule has 0 radical (unpaired) electrons. The number of rotatable bonds is 9. The van der Waals surface area contributed by atoms with Gasteiger partial charge in [-0.05, 0) is 56.3 Å². The molecular formula is C25H27NO4S. The smallest absolute Gasteiger partial charge is 0.255 e. The van der Waals surface area contributed by atoms with Crippen molar-refractivity contribution in [2.45, 2.75) is 24.5 Å². The summed E-state index contributed by atoms with van der Waals surface area (Å²) in [6, 6.07) is 19.2. The van der Waals surface area contributed by atoms with E-state index in [0.717, 1.165) is 11.3 Å². The summed E-state index contributed by atoms with van der Waals surface area (Å²) in [6.45, 7) is 4.59. The second kappa shape index (κ2) is 10.8. The minimum atomic E-state index is -0.197. The molecule has 3 aromatic carbocycles. The van der Waals surface area contributed by atoms with Crippen molar-refractivity contribution in [3.05, 3.63) is 77.4 Å². The molecule has 0 heterocycles. The summed E-state index contributed by atoms with van der Waals surface area (Å²) in [7, 11) is 3.14. The average Bonchev–Trinajstić information content (AvgIpc) is 2.79. The van der Waals surface area contributed by atoms with E-state index in [-0.39, 0.29) is 5.91 Å². The van der Waals surface area contributed by atoms with Gasteiger partial charge in [-0.25, -0.2) is 0 Å². The minimum Gasteiger partial charge on any atom is -0.494 e. The molecule has 0 aromatic heterocycles. The first-order valence-electron chi connectivity index (χ1n) is 10.0. The van der Waals surface area contributed by atoms with Crippen LogP contribution >= 0.6 is 11.8 Å². The van der Waals surface area contributed by atoms with Crippen molar-refractivity contribution in [2.75, 3.05) is 26.1 Å². The molecule has 0 aliphatic rings. The maximum absolute atomic E-state index is 12.9. The number of hydrogen-bond acceptors (Lipinski definition) is 5. The number of hydrogen-bond donors (Lipinski definition) is 1. The third kappa shape index (κ3) is 5.95. The molecule has 1 N–H and O–H groups in total. The van der Waals surface area contributed by atoms with Gasteiger partial charge < -0.3 is 19.5 Å². The Morgan fingerprint density at radius 2 is 1.61 bits per heavy atom. The zero-order chi connectivity index (χ0) is 22.2. The maximum Gasteiger partial charge on any atom is 0.255 e. The van der Waals surface area contributed by atoms with Gasteiger partial charge in [0.1, 0.15) is 5.75 Å². The maximum atomic E-state index is 12.9. The fraction of sp³-hybridized carbons (Fsp3) is 0.240. The van der Waals surface area contributed by atoms with E-state index in [1.54, 1.807) is 50.2 Å². The van der Waals surface area contributed by atoms with Crippen molar-refractivity contribution in [3.63, 3.8) is 0 Å². The van der Waals surface area contributed by atoms with Crippen LogP contribution in [0.25, 0.3) is 0 Å². The number of carbonyl (C=O) groups excluding carboxylic acids is 1. The lowest BCUT2D eigenvalue weighted by atomic mass is 10.1. The number of anilines is 1. The summed E-state index contributed by atoms with van der Waals surface area (Å²) in [5.41, 5.74) is 3.41. The molecule has 0 bridgehead atoms. The quantitative estimate of drug-likeness (QED) is 0.419. The van der Waals surface area contributed by atoms with Gasteiger partial charge in [0.2, 0.25) is 0 Å². The molecule has 0 saturated heterocycles. The van der Waals surface area contributed by atoms with Gasteiger partial charge in [0.25, 0.3) is 5.91 Å². The molecular weight excluding hydrogens is 410 g/mol. The summed E-state index contributed by atoms with van der Waals surface area (Å²) in [5, 5.41) is 2.92. The van der Waals surface area contributed by atoms with E-state index in [4.69, 9.17) is 14.2 Å². The molecule has 31 heavy (non-hydrogen) atoms. The van der Waals surface area contributed by atoms with Crippen molar-refractivity contribution in [1.29, 1.82) is 0 Å². The van der Waals surface area contributed by atoms with E-state index in [9.17, 15) is 4.79 Å². The highest BCUT2D eigenvalue weighted by molar-refractivity contribution is 7.98. The normalized spacial score (nSPS) is 10.5. The molecule has 3 rings (SSSR count). The molecule has 6 heteroatoms. The Kier molecular flexibility index (Phi) is 7.84. The third-order valence-corrected chi connectivity index (χ3v) is 5.74. The van der Waals surface area contributed by atoms with Crippen LogP contribution in [0.15, 0.2) is 65.6 Å². The molecule has 0 fully saturated rings. The topological polar surface area (TPSA) is 56.8 Å². The summed E-state index contributed by atoms with van der Waals surface area (Å²) in [4.78, 5) is 14.0. The Balaban J connectivity index is 1.78. The Morgan fingerprint density at radius 3 is 2.29 bits per heavy atom. The largest absolute Gasteiger partial charge is 0.494 e. The first kappa shape index (κ1) is 22.6. The Bertz CT molecular complexity index is 1030. The third-order valence-electron chi connectivity index (χ3n) is 4.68. The SMILES string of the molecule is CCOc1ccc(C(=O)Nc2ccc(OC)c(OC)c2)cc1CSc1ccc(C)cc1. The first-order valence-corrected chi connectivity index (χ1v) is 11.0. The van der Waals surface area contributed by atoms with Gasteiger partial charge in [0.15, 0.2) is 11.5 Å². The van der Waals surface area contributed by atoms with E-state index in [1.807, 2.05) is 19.1 Å². The molecule has 0 spiro atoms. The molecule has 0 unspecified atom stereocenters. The Morgan fingerprint density at radius 1 is 0.903 bits per heavy atom. The van der Waals surface area contributed by atoms with Gasteiger partial charge in [-0.1, -0.05) is 17.7 Å². The van der Waals surface area contributed by atoms with Crippen LogP contribution in [-0.2, 0) is 5.75 Å². The number of thioether (sulfide) groups is 1. The van der Waals surface area contributed by atoms with Gasteiger partial charge in [-0.2, -0.15) is 0 Å². The lowest BCUT2D eigenvalue weighted by Crippen LogP contribution is -2.12. The number of aryl methyl sites for hydroxylation is 1. The highest BCUT2D eigenvalue weighted by Crippen LogP contribution is 2.31. The van der Waals surface area contributed by atoms with Crippen molar-refractivity contribution < 1.29 is 19.0 Å². The molecule has 1 amide bonds. The summed E-state index contributed by atoms with van der Waals surface area (Å²) in [6.07, 6.45) is 0. The van der Waals surface area contributed by atoms with E-state index < -0.39 is 0 Å². The summed E-state index contributed by atoms with van der Waals surface area (Å²) < 4.78 is 16.3. The van der Waals surface area contributed by atoms with Gasteiger partial charge in [0, 0.05) is 33.5 Å². The van der Waals surface area contributed by atoms with E-state index >= 15 is 0 Å². The lowest BCUT2D eigenvalue weighted by molar-refractivity contribution is 0.102. The van der Waals surface area contributed by atoms with Crippen LogP contribution in [-0.4, -0.2) is 26.7 Å². The molecule has 5 nitrogen and oxygen atoms in total. The monoisotopic (exact) mass is 437 g/mol. The van der Waals surface area contributed by atoms with Crippen molar-refractivity contribution in [3.8, 4) is 17.2 Å². The van der Waals surface area contributed by atoms with Crippen molar-refractivity contribution in [2.24, 2.45) is 0 Å². The number of methoxy groups -OCH3 is 2. The number of nitrogens with one attached hydrogen (secondary N) is 1. The van der Waals surface area contributed by atoms with Crippen molar-refractivity contribution >= 4 is 23.4 Å². The molecule has 0 aliphatic heterocycles. The molecule has 0 aliphatic carbocycles. The Hall–Kier alpha value is -3.12. The highest BCUT2D eigenvalue weighted by atomic mass is 32.2. The number of ether oxygens (including phenoxy) is 3. The van der Waals surface area contributed by atoms with Crippen LogP contribution in [0.5, 0.6) is 17.2 Å². The minimum absolute atomic E-state index is 0.197. The number of amides is 1. The van der Waals surface area contributed by atoms with Gasteiger partial charge in [-0.15, -0.1) is 11.8 Å². The highest BCUT2D eigenvalue weighted by Gasteiger charge is 2.13. The van der Waals surface area contributed by atoms with Crippen LogP contribution in [0.4, 0.5) is 5.69 Å². The standard InChI is InChI=1S/C25H27NO4S/c1-5-30-22-12-8-18(14-19(22)16-31-21-10-6-17(2)7-11-21)25(27)26-20-9-13-23(28-3)24(15-20)29-4/h6-15H,5,16H2,1-4H3,(H,26,27). The van der Waals surface area contributed by atoms with Crippen molar-refractivity contribution in [1.82, 2.24) is 0 Å². The predicted molar refractivity (Wildman–Crippen MR) is 126 cm³/mol. The molecule has 162 valence electrons. The van der Waals surface area contributed by atoms with Crippen LogP contribution in [0, 0.1) is 6.92 Å². The van der Waals surface area contributed by atoms with Crippen LogP contribution in [0.3, 0.4) is 0 Å². The summed E-state index contributed by atoms with van der Waals surface area (Å²) in [5.74, 6) is 2.47. The number of benzene rings is 3. The predicted octanol–water partition coefficient (Wildman–Crippen LogP) is 5.96. The molecule has 0 atom stereocenters.